The summed E-state index contributed by atoms with van der Waals surface area (Å²) in [6.45, 7) is 4.25. The summed E-state index contributed by atoms with van der Waals surface area (Å²) < 4.78 is 5.69. The maximum absolute atomic E-state index is 5.69. The molecule has 1 aliphatic rings. The first kappa shape index (κ1) is 7.66. The van der Waals surface area contributed by atoms with Crippen LogP contribution >= 0.6 is 0 Å². The van der Waals surface area contributed by atoms with Crippen LogP contribution in [-0.4, -0.2) is 6.10 Å². The van der Waals surface area contributed by atoms with Crippen molar-refractivity contribution in [1.29, 1.82) is 0 Å². The third-order valence-electron chi connectivity index (χ3n) is 2.36. The molecule has 1 atom stereocenters. The van der Waals surface area contributed by atoms with Gasteiger partial charge in [0.2, 0.25) is 0 Å². The van der Waals surface area contributed by atoms with E-state index < -0.39 is 0 Å². The van der Waals surface area contributed by atoms with Crippen LogP contribution < -0.4 is 4.74 Å². The van der Waals surface area contributed by atoms with E-state index in [-0.39, 0.29) is 0 Å². The monoisotopic (exact) mass is 162 g/mol. The Labute approximate surface area is 73.4 Å². The summed E-state index contributed by atoms with van der Waals surface area (Å²) in [5.74, 6) is 1.08. The zero-order valence-corrected chi connectivity index (χ0v) is 7.63. The van der Waals surface area contributed by atoms with Gasteiger partial charge in [-0.05, 0) is 38.3 Å². The summed E-state index contributed by atoms with van der Waals surface area (Å²) in [7, 11) is 0. The Hall–Kier alpha value is -0.980. The average Bonchev–Trinajstić information content (AvgIpc) is 2.05. The van der Waals surface area contributed by atoms with E-state index in [4.69, 9.17) is 4.74 Å². The highest BCUT2D eigenvalue weighted by Gasteiger charge is 2.14. The minimum absolute atomic E-state index is 0.389. The average molecular weight is 162 g/mol. The molecule has 1 aromatic rings. The van der Waals surface area contributed by atoms with Crippen LogP contribution in [-0.2, 0) is 6.42 Å². The number of hydrogen-bond acceptors (Lipinski definition) is 1. The fraction of sp³-hybridized carbons (Fsp3) is 0.455. The molecule has 1 aromatic carbocycles. The summed E-state index contributed by atoms with van der Waals surface area (Å²) in [6, 6.07) is 6.42. The second kappa shape index (κ2) is 2.81. The van der Waals surface area contributed by atoms with Crippen LogP contribution in [0.15, 0.2) is 18.2 Å². The van der Waals surface area contributed by atoms with Crippen molar-refractivity contribution in [2.45, 2.75) is 32.8 Å². The smallest absolute Gasteiger partial charge is 0.122 e. The Morgan fingerprint density at radius 1 is 1.42 bits per heavy atom. The molecule has 1 heterocycles. The van der Waals surface area contributed by atoms with Gasteiger partial charge in [-0.15, -0.1) is 0 Å². The fourth-order valence-corrected chi connectivity index (χ4v) is 1.65. The topological polar surface area (TPSA) is 9.23 Å². The highest BCUT2D eigenvalue weighted by atomic mass is 16.5. The summed E-state index contributed by atoms with van der Waals surface area (Å²) in [4.78, 5) is 0. The molecule has 0 fully saturated rings. The minimum Gasteiger partial charge on any atom is -0.490 e. The van der Waals surface area contributed by atoms with Gasteiger partial charge in [-0.1, -0.05) is 17.7 Å². The van der Waals surface area contributed by atoms with E-state index in [1.807, 2.05) is 0 Å². The first-order chi connectivity index (χ1) is 5.75. The van der Waals surface area contributed by atoms with Gasteiger partial charge >= 0.3 is 0 Å². The zero-order chi connectivity index (χ0) is 8.55. The Kier molecular flexibility index (Phi) is 1.80. The molecule has 0 aliphatic carbocycles. The van der Waals surface area contributed by atoms with Gasteiger partial charge in [-0.3, -0.25) is 0 Å². The molecule has 64 valence electrons. The highest BCUT2D eigenvalue weighted by Crippen LogP contribution is 2.27. The van der Waals surface area contributed by atoms with E-state index in [1.165, 1.54) is 11.1 Å². The predicted octanol–water partition coefficient (Wildman–Crippen LogP) is 2.71. The molecule has 1 nitrogen and oxygen atoms in total. The number of aryl methyl sites for hydroxylation is 2. The number of benzene rings is 1. The SMILES string of the molecule is Cc1ccc2c(c1)CCC(C)O2. The molecule has 0 N–H and O–H groups in total. The van der Waals surface area contributed by atoms with Crippen LogP contribution in [0.5, 0.6) is 5.75 Å². The van der Waals surface area contributed by atoms with Gasteiger partial charge in [0, 0.05) is 0 Å². The second-order valence-electron chi connectivity index (χ2n) is 3.58. The van der Waals surface area contributed by atoms with Crippen molar-refractivity contribution in [2.75, 3.05) is 0 Å². The van der Waals surface area contributed by atoms with Crippen LogP contribution in [0.4, 0.5) is 0 Å². The largest absolute Gasteiger partial charge is 0.490 e. The first-order valence-corrected chi connectivity index (χ1v) is 4.52. The quantitative estimate of drug-likeness (QED) is 0.570. The molecule has 0 amide bonds. The lowest BCUT2D eigenvalue weighted by molar-refractivity contribution is 0.192. The highest BCUT2D eigenvalue weighted by molar-refractivity contribution is 5.38. The lowest BCUT2D eigenvalue weighted by Gasteiger charge is -2.23. The lowest BCUT2D eigenvalue weighted by Crippen LogP contribution is -2.18. The molecule has 2 rings (SSSR count). The first-order valence-electron chi connectivity index (χ1n) is 4.52. The van der Waals surface area contributed by atoms with Crippen LogP contribution in [0.3, 0.4) is 0 Å². The summed E-state index contributed by atoms with van der Waals surface area (Å²) in [5, 5.41) is 0. The van der Waals surface area contributed by atoms with Crippen molar-refractivity contribution < 1.29 is 4.74 Å². The Morgan fingerprint density at radius 3 is 3.08 bits per heavy atom. The number of fused-ring (bicyclic) bond motifs is 1. The summed E-state index contributed by atoms with van der Waals surface area (Å²) in [6.07, 6.45) is 2.70. The lowest BCUT2D eigenvalue weighted by atomic mass is 10.0. The Balaban J connectivity index is 2.37. The van der Waals surface area contributed by atoms with Crippen molar-refractivity contribution in [2.24, 2.45) is 0 Å². The summed E-state index contributed by atoms with van der Waals surface area (Å²) in [5.41, 5.74) is 2.69. The maximum Gasteiger partial charge on any atom is 0.122 e. The third-order valence-corrected chi connectivity index (χ3v) is 2.36. The zero-order valence-electron chi connectivity index (χ0n) is 7.63. The molecule has 1 heteroatoms. The van der Waals surface area contributed by atoms with Gasteiger partial charge in [-0.25, -0.2) is 0 Å². The van der Waals surface area contributed by atoms with Gasteiger partial charge in [0.05, 0.1) is 6.10 Å². The van der Waals surface area contributed by atoms with E-state index in [9.17, 15) is 0 Å². The van der Waals surface area contributed by atoms with Gasteiger partial charge in [0.1, 0.15) is 5.75 Å². The number of rotatable bonds is 0. The molecule has 0 saturated heterocycles. The van der Waals surface area contributed by atoms with E-state index in [0.29, 0.717) is 6.10 Å². The number of ether oxygens (including phenoxy) is 1. The molecule has 0 bridgehead atoms. The van der Waals surface area contributed by atoms with E-state index in [0.717, 1.165) is 18.6 Å². The molecule has 1 aliphatic heterocycles. The summed E-state index contributed by atoms with van der Waals surface area (Å²) >= 11 is 0. The number of hydrogen-bond donors (Lipinski definition) is 0. The molecular weight excluding hydrogens is 148 g/mol. The van der Waals surface area contributed by atoms with E-state index >= 15 is 0 Å². The standard InChI is InChI=1S/C11H14O/c1-8-3-6-11-10(7-8)5-4-9(2)12-11/h3,6-7,9H,4-5H2,1-2H3. The predicted molar refractivity (Wildman–Crippen MR) is 49.6 cm³/mol. The Bertz CT molecular complexity index is 291. The fourth-order valence-electron chi connectivity index (χ4n) is 1.65. The minimum atomic E-state index is 0.389. The van der Waals surface area contributed by atoms with Crippen molar-refractivity contribution in [3.63, 3.8) is 0 Å². The normalized spacial score (nSPS) is 21.3. The Morgan fingerprint density at radius 2 is 2.25 bits per heavy atom. The maximum atomic E-state index is 5.69. The van der Waals surface area contributed by atoms with Gasteiger partial charge in [-0.2, -0.15) is 0 Å². The van der Waals surface area contributed by atoms with Gasteiger partial charge in [0.15, 0.2) is 0 Å². The van der Waals surface area contributed by atoms with Crippen molar-refractivity contribution in [3.05, 3.63) is 29.3 Å². The van der Waals surface area contributed by atoms with Crippen molar-refractivity contribution in [1.82, 2.24) is 0 Å². The van der Waals surface area contributed by atoms with Crippen molar-refractivity contribution >= 4 is 0 Å². The molecule has 12 heavy (non-hydrogen) atoms. The van der Waals surface area contributed by atoms with Crippen molar-refractivity contribution in [3.8, 4) is 5.75 Å². The van der Waals surface area contributed by atoms with Gasteiger partial charge < -0.3 is 4.74 Å². The van der Waals surface area contributed by atoms with E-state index in [2.05, 4.69) is 32.0 Å². The van der Waals surface area contributed by atoms with Crippen LogP contribution in [0.25, 0.3) is 0 Å². The second-order valence-corrected chi connectivity index (χ2v) is 3.58. The van der Waals surface area contributed by atoms with Crippen LogP contribution in [0, 0.1) is 6.92 Å². The molecule has 0 spiro atoms. The molecule has 0 radical (unpaired) electrons. The molecule has 0 aromatic heterocycles. The van der Waals surface area contributed by atoms with Gasteiger partial charge in [0.25, 0.3) is 0 Å². The third kappa shape index (κ3) is 1.31. The van der Waals surface area contributed by atoms with Crippen LogP contribution in [0.1, 0.15) is 24.5 Å². The molecule has 1 unspecified atom stereocenters. The molecular formula is C11H14O. The molecule has 0 saturated carbocycles. The van der Waals surface area contributed by atoms with Crippen LogP contribution in [0.2, 0.25) is 0 Å². The van der Waals surface area contributed by atoms with E-state index in [1.54, 1.807) is 0 Å².